The number of ketones is 1. The minimum Gasteiger partial charge on any atom is -0.398 e. The fourth-order valence-electron chi connectivity index (χ4n) is 1.07. The maximum Gasteiger partial charge on any atom is 0.160 e. The topological polar surface area (TPSA) is 43.1 Å². The van der Waals surface area contributed by atoms with Crippen molar-refractivity contribution in [3.05, 3.63) is 26.8 Å². The summed E-state index contributed by atoms with van der Waals surface area (Å²) < 4.78 is 0.995. The van der Waals surface area contributed by atoms with E-state index in [2.05, 4.69) is 22.6 Å². The van der Waals surface area contributed by atoms with Crippen molar-refractivity contribution in [2.24, 2.45) is 0 Å². The Morgan fingerprint density at radius 3 is 2.58 bits per heavy atom. The molecule has 64 valence electrons. The van der Waals surface area contributed by atoms with Gasteiger partial charge in [0, 0.05) is 14.8 Å². The van der Waals surface area contributed by atoms with Crippen LogP contribution in [-0.4, -0.2) is 5.78 Å². The largest absolute Gasteiger partial charge is 0.398 e. The van der Waals surface area contributed by atoms with E-state index in [4.69, 9.17) is 5.73 Å². The highest BCUT2D eigenvalue weighted by Crippen LogP contribution is 2.20. The number of anilines is 1. The first-order valence-corrected chi connectivity index (χ1v) is 4.67. The molecule has 2 N–H and O–H groups in total. The first-order chi connectivity index (χ1) is 5.52. The molecule has 0 unspecified atom stereocenters. The zero-order valence-corrected chi connectivity index (χ0v) is 9.18. The third-order valence-corrected chi connectivity index (χ3v) is 2.66. The zero-order chi connectivity index (χ0) is 9.30. The molecule has 1 rings (SSSR count). The Morgan fingerprint density at radius 1 is 1.50 bits per heavy atom. The molecule has 0 fully saturated rings. The Kier molecular flexibility index (Phi) is 2.72. The third kappa shape index (κ3) is 1.77. The van der Waals surface area contributed by atoms with Gasteiger partial charge in [-0.2, -0.15) is 0 Å². The van der Waals surface area contributed by atoms with Gasteiger partial charge in [-0.05, 0) is 54.1 Å². The van der Waals surface area contributed by atoms with Gasteiger partial charge in [0.2, 0.25) is 0 Å². The van der Waals surface area contributed by atoms with E-state index < -0.39 is 0 Å². The molecule has 0 aromatic heterocycles. The van der Waals surface area contributed by atoms with Gasteiger partial charge in [-0.15, -0.1) is 0 Å². The molecule has 0 aliphatic carbocycles. The summed E-state index contributed by atoms with van der Waals surface area (Å²) in [6, 6.07) is 3.66. The van der Waals surface area contributed by atoms with E-state index in [1.54, 1.807) is 13.0 Å². The summed E-state index contributed by atoms with van der Waals surface area (Å²) in [6.07, 6.45) is 0. The first kappa shape index (κ1) is 9.51. The van der Waals surface area contributed by atoms with Crippen LogP contribution in [0, 0.1) is 10.5 Å². The van der Waals surface area contributed by atoms with Gasteiger partial charge in [-0.3, -0.25) is 4.79 Å². The molecule has 0 saturated carbocycles. The summed E-state index contributed by atoms with van der Waals surface area (Å²) in [6.45, 7) is 3.47. The minimum atomic E-state index is 0.0654. The number of hydrogen-bond donors (Lipinski definition) is 1. The summed E-state index contributed by atoms with van der Waals surface area (Å²) in [5.74, 6) is 0.0654. The molecule has 3 heteroatoms. The van der Waals surface area contributed by atoms with E-state index in [1.807, 2.05) is 13.0 Å². The molecule has 0 saturated heterocycles. The number of rotatable bonds is 1. The number of hydrogen-bond acceptors (Lipinski definition) is 2. The summed E-state index contributed by atoms with van der Waals surface area (Å²) in [5.41, 5.74) is 8.04. The molecule has 0 atom stereocenters. The molecule has 12 heavy (non-hydrogen) atoms. The maximum absolute atomic E-state index is 11.1. The van der Waals surface area contributed by atoms with Crippen molar-refractivity contribution in [1.29, 1.82) is 0 Å². The Morgan fingerprint density at radius 2 is 2.08 bits per heavy atom. The number of nitrogen functional groups attached to an aromatic ring is 1. The summed E-state index contributed by atoms with van der Waals surface area (Å²) >= 11 is 2.15. The quantitative estimate of drug-likeness (QED) is 0.486. The fraction of sp³-hybridized carbons (Fsp3) is 0.222. The molecule has 2 nitrogen and oxygen atoms in total. The highest BCUT2D eigenvalue weighted by Gasteiger charge is 2.06. The van der Waals surface area contributed by atoms with Crippen LogP contribution in [0.5, 0.6) is 0 Å². The second-order valence-electron chi connectivity index (χ2n) is 2.74. The van der Waals surface area contributed by atoms with Crippen LogP contribution in [0.3, 0.4) is 0 Å². The minimum absolute atomic E-state index is 0.0654. The molecule has 1 aromatic carbocycles. The van der Waals surface area contributed by atoms with Gasteiger partial charge in [0.05, 0.1) is 0 Å². The third-order valence-electron chi connectivity index (χ3n) is 1.72. The molecule has 0 bridgehead atoms. The van der Waals surface area contributed by atoms with Crippen molar-refractivity contribution in [2.75, 3.05) is 5.73 Å². The standard InChI is InChI=1S/C9H10INO/c1-5-3-8(10)9(11)4-7(5)6(2)12/h3-4H,11H2,1-2H3. The van der Waals surface area contributed by atoms with Crippen LogP contribution >= 0.6 is 22.6 Å². The number of halogens is 1. The van der Waals surface area contributed by atoms with Gasteiger partial charge in [0.15, 0.2) is 5.78 Å². The molecule has 0 spiro atoms. The molecule has 0 aliphatic rings. The number of aryl methyl sites for hydroxylation is 1. The van der Waals surface area contributed by atoms with Gasteiger partial charge in [0.25, 0.3) is 0 Å². The molecule has 0 aliphatic heterocycles. The lowest BCUT2D eigenvalue weighted by molar-refractivity contribution is 0.101. The van der Waals surface area contributed by atoms with E-state index in [0.717, 1.165) is 9.13 Å². The lowest BCUT2D eigenvalue weighted by Gasteiger charge is -2.04. The number of carbonyl (C=O) groups excluding carboxylic acids is 1. The molecule has 1 aromatic rings. The lowest BCUT2D eigenvalue weighted by Crippen LogP contribution is -2.00. The highest BCUT2D eigenvalue weighted by molar-refractivity contribution is 14.1. The van der Waals surface area contributed by atoms with Crippen molar-refractivity contribution < 1.29 is 4.79 Å². The van der Waals surface area contributed by atoms with Crippen LogP contribution in [0.15, 0.2) is 12.1 Å². The SMILES string of the molecule is CC(=O)c1cc(N)c(I)cc1C. The predicted octanol–water partition coefficient (Wildman–Crippen LogP) is 2.38. The van der Waals surface area contributed by atoms with Crippen LogP contribution in [0.2, 0.25) is 0 Å². The van der Waals surface area contributed by atoms with Gasteiger partial charge < -0.3 is 5.73 Å². The number of benzene rings is 1. The fourth-order valence-corrected chi connectivity index (χ4v) is 1.69. The Bertz CT molecular complexity index is 334. The monoisotopic (exact) mass is 275 g/mol. The van der Waals surface area contributed by atoms with E-state index in [0.29, 0.717) is 11.3 Å². The Hall–Kier alpha value is -0.580. The Balaban J connectivity index is 3.33. The Labute approximate surface area is 85.3 Å². The van der Waals surface area contributed by atoms with Gasteiger partial charge >= 0.3 is 0 Å². The number of Topliss-reactive ketones (excluding diaryl/α,β-unsaturated/α-hetero) is 1. The molecule has 0 heterocycles. The maximum atomic E-state index is 11.1. The van der Waals surface area contributed by atoms with E-state index in [9.17, 15) is 4.79 Å². The van der Waals surface area contributed by atoms with Crippen LogP contribution < -0.4 is 5.73 Å². The van der Waals surface area contributed by atoms with E-state index in [-0.39, 0.29) is 5.78 Å². The number of carbonyl (C=O) groups is 1. The van der Waals surface area contributed by atoms with Crippen LogP contribution in [-0.2, 0) is 0 Å². The van der Waals surface area contributed by atoms with Crippen LogP contribution in [0.1, 0.15) is 22.8 Å². The molecular weight excluding hydrogens is 265 g/mol. The highest BCUT2D eigenvalue weighted by atomic mass is 127. The normalized spacial score (nSPS) is 9.92. The van der Waals surface area contributed by atoms with Crippen molar-refractivity contribution >= 4 is 34.1 Å². The average Bonchev–Trinajstić information content (AvgIpc) is 1.96. The zero-order valence-electron chi connectivity index (χ0n) is 7.02. The smallest absolute Gasteiger partial charge is 0.160 e. The van der Waals surface area contributed by atoms with Crippen molar-refractivity contribution in [3.8, 4) is 0 Å². The van der Waals surface area contributed by atoms with Gasteiger partial charge in [-0.25, -0.2) is 0 Å². The molecular formula is C9H10INO. The van der Waals surface area contributed by atoms with Crippen LogP contribution in [0.4, 0.5) is 5.69 Å². The molecule has 0 amide bonds. The number of nitrogens with two attached hydrogens (primary N) is 1. The van der Waals surface area contributed by atoms with Crippen molar-refractivity contribution in [3.63, 3.8) is 0 Å². The van der Waals surface area contributed by atoms with Crippen LogP contribution in [0.25, 0.3) is 0 Å². The second-order valence-corrected chi connectivity index (χ2v) is 3.91. The van der Waals surface area contributed by atoms with E-state index in [1.165, 1.54) is 0 Å². The van der Waals surface area contributed by atoms with Crippen molar-refractivity contribution in [1.82, 2.24) is 0 Å². The van der Waals surface area contributed by atoms with Gasteiger partial charge in [0.1, 0.15) is 0 Å². The van der Waals surface area contributed by atoms with Gasteiger partial charge in [-0.1, -0.05) is 0 Å². The summed E-state index contributed by atoms with van der Waals surface area (Å²) in [5, 5.41) is 0. The predicted molar refractivity (Wildman–Crippen MR) is 58.3 cm³/mol. The first-order valence-electron chi connectivity index (χ1n) is 3.59. The van der Waals surface area contributed by atoms with Crippen molar-refractivity contribution in [2.45, 2.75) is 13.8 Å². The average molecular weight is 275 g/mol. The summed E-state index contributed by atoms with van der Waals surface area (Å²) in [7, 11) is 0. The lowest BCUT2D eigenvalue weighted by atomic mass is 10.1. The molecule has 0 radical (unpaired) electrons. The summed E-state index contributed by atoms with van der Waals surface area (Å²) in [4.78, 5) is 11.1. The van der Waals surface area contributed by atoms with E-state index >= 15 is 0 Å². The second kappa shape index (κ2) is 3.43.